The molecule has 1 aromatic carbocycles. The van der Waals surface area contributed by atoms with E-state index >= 15 is 0 Å². The molecule has 2 N–H and O–H groups in total. The number of benzene rings is 1. The largest absolute Gasteiger partial charge is 0.336 e. The summed E-state index contributed by atoms with van der Waals surface area (Å²) in [4.78, 5) is 26.4. The first-order chi connectivity index (χ1) is 11.1. The molecule has 1 unspecified atom stereocenters. The molecule has 1 aromatic rings. The maximum atomic E-state index is 12.4. The second kappa shape index (κ2) is 6.83. The first kappa shape index (κ1) is 18.3. The first-order valence-corrected chi connectivity index (χ1v) is 8.57. The molecule has 1 aliphatic heterocycles. The van der Waals surface area contributed by atoms with Crippen LogP contribution in [0.15, 0.2) is 18.2 Å². The van der Waals surface area contributed by atoms with Crippen LogP contribution in [0.1, 0.15) is 58.1 Å². The summed E-state index contributed by atoms with van der Waals surface area (Å²) in [5.41, 5.74) is 2.80. The minimum absolute atomic E-state index is 0.0894. The zero-order chi connectivity index (χ0) is 18.1. The van der Waals surface area contributed by atoms with Gasteiger partial charge in [0.15, 0.2) is 0 Å². The molecule has 0 aromatic heterocycles. The van der Waals surface area contributed by atoms with Crippen LogP contribution in [0.5, 0.6) is 0 Å². The summed E-state index contributed by atoms with van der Waals surface area (Å²) in [6.07, 6.45) is 0.357. The highest BCUT2D eigenvalue weighted by molar-refractivity contribution is 5.92. The van der Waals surface area contributed by atoms with Crippen molar-refractivity contribution in [2.75, 3.05) is 11.9 Å². The molecule has 132 valence electrons. The Morgan fingerprint density at radius 1 is 1.29 bits per heavy atom. The molecule has 0 aliphatic carbocycles. The predicted molar refractivity (Wildman–Crippen MR) is 97.3 cm³/mol. The Hall–Kier alpha value is -2.04. The van der Waals surface area contributed by atoms with Crippen molar-refractivity contribution < 1.29 is 9.59 Å². The molecule has 0 saturated carbocycles. The van der Waals surface area contributed by atoms with Crippen LogP contribution in [-0.2, 0) is 4.79 Å². The van der Waals surface area contributed by atoms with Crippen molar-refractivity contribution in [2.24, 2.45) is 0 Å². The number of nitrogens with one attached hydrogen (secondary N) is 2. The summed E-state index contributed by atoms with van der Waals surface area (Å²) in [6, 6.07) is 5.63. The van der Waals surface area contributed by atoms with E-state index in [2.05, 4.69) is 24.5 Å². The quantitative estimate of drug-likeness (QED) is 0.888. The van der Waals surface area contributed by atoms with E-state index in [0.717, 1.165) is 16.8 Å². The van der Waals surface area contributed by atoms with Gasteiger partial charge in [0.2, 0.25) is 5.91 Å². The minimum atomic E-state index is -0.250. The van der Waals surface area contributed by atoms with Crippen molar-refractivity contribution in [1.29, 1.82) is 0 Å². The lowest BCUT2D eigenvalue weighted by molar-refractivity contribution is -0.131. The zero-order valence-electron chi connectivity index (χ0n) is 15.6. The highest BCUT2D eigenvalue weighted by Gasteiger charge is 2.36. The predicted octanol–water partition coefficient (Wildman–Crippen LogP) is 3.64. The van der Waals surface area contributed by atoms with Gasteiger partial charge in [0.25, 0.3) is 0 Å². The van der Waals surface area contributed by atoms with Gasteiger partial charge in [-0.25, -0.2) is 4.79 Å². The van der Waals surface area contributed by atoms with Crippen molar-refractivity contribution in [3.63, 3.8) is 0 Å². The van der Waals surface area contributed by atoms with Gasteiger partial charge in [0.1, 0.15) is 0 Å². The first-order valence-electron chi connectivity index (χ1n) is 8.57. The highest BCUT2D eigenvalue weighted by Crippen LogP contribution is 2.27. The summed E-state index contributed by atoms with van der Waals surface area (Å²) in [6.45, 7) is 12.8. The Morgan fingerprint density at radius 2 is 1.96 bits per heavy atom. The molecular weight excluding hydrogens is 302 g/mol. The number of para-hydroxylation sites is 1. The molecule has 1 aliphatic rings. The number of carbonyl (C=O) groups excluding carboxylic acids is 2. The molecule has 1 fully saturated rings. The second-order valence-corrected chi connectivity index (χ2v) is 7.87. The number of hydrogen-bond acceptors (Lipinski definition) is 2. The van der Waals surface area contributed by atoms with Gasteiger partial charge < -0.3 is 15.5 Å². The van der Waals surface area contributed by atoms with Gasteiger partial charge >= 0.3 is 6.03 Å². The van der Waals surface area contributed by atoms with Gasteiger partial charge in [-0.3, -0.25) is 4.79 Å². The zero-order valence-corrected chi connectivity index (χ0v) is 15.6. The Kier molecular flexibility index (Phi) is 5.21. The molecule has 5 nitrogen and oxygen atoms in total. The van der Waals surface area contributed by atoms with Crippen molar-refractivity contribution in [1.82, 2.24) is 10.2 Å². The normalized spacial score (nSPS) is 18.2. The lowest BCUT2D eigenvalue weighted by Crippen LogP contribution is -2.45. The molecule has 1 heterocycles. The Labute approximate surface area is 144 Å². The Morgan fingerprint density at radius 3 is 2.50 bits per heavy atom. The Bertz CT molecular complexity index is 632. The van der Waals surface area contributed by atoms with Crippen molar-refractivity contribution in [3.8, 4) is 0 Å². The van der Waals surface area contributed by atoms with E-state index in [9.17, 15) is 9.59 Å². The average Bonchev–Trinajstić information content (AvgIpc) is 2.81. The van der Waals surface area contributed by atoms with Gasteiger partial charge in [-0.15, -0.1) is 0 Å². The van der Waals surface area contributed by atoms with Gasteiger partial charge in [0, 0.05) is 24.2 Å². The molecule has 3 amide bonds. The standard InChI is InChI=1S/C19H29N3O2/c1-12(2)15-9-7-8-13(3)17(15)21-18(24)20-14-10-16(23)22(11-14)19(4,5)6/h7-9,12,14H,10-11H2,1-6H3,(H2,20,21,24). The number of anilines is 1. The van der Waals surface area contributed by atoms with E-state index in [0.29, 0.717) is 18.9 Å². The van der Waals surface area contributed by atoms with Crippen molar-refractivity contribution >= 4 is 17.6 Å². The van der Waals surface area contributed by atoms with Crippen molar-refractivity contribution in [3.05, 3.63) is 29.3 Å². The van der Waals surface area contributed by atoms with Crippen molar-refractivity contribution in [2.45, 2.75) is 65.5 Å². The maximum Gasteiger partial charge on any atom is 0.319 e. The summed E-state index contributed by atoms with van der Waals surface area (Å²) in [7, 11) is 0. The summed E-state index contributed by atoms with van der Waals surface area (Å²) >= 11 is 0. The fourth-order valence-electron chi connectivity index (χ4n) is 3.13. The highest BCUT2D eigenvalue weighted by atomic mass is 16.2. The number of likely N-dealkylation sites (tertiary alicyclic amines) is 1. The molecule has 5 heteroatoms. The third-order valence-electron chi connectivity index (χ3n) is 4.44. The van der Waals surface area contributed by atoms with Crippen LogP contribution in [-0.4, -0.2) is 35.0 Å². The number of carbonyl (C=O) groups is 2. The van der Waals surface area contributed by atoms with E-state index in [1.54, 1.807) is 0 Å². The van der Waals surface area contributed by atoms with Crippen LogP contribution < -0.4 is 10.6 Å². The lowest BCUT2D eigenvalue weighted by atomic mass is 9.98. The van der Waals surface area contributed by atoms with E-state index in [1.807, 2.05) is 50.8 Å². The van der Waals surface area contributed by atoms with Crippen LogP contribution in [0.2, 0.25) is 0 Å². The number of hydrogen-bond donors (Lipinski definition) is 2. The average molecular weight is 331 g/mol. The molecule has 1 atom stereocenters. The topological polar surface area (TPSA) is 61.4 Å². The fraction of sp³-hybridized carbons (Fsp3) is 0.579. The van der Waals surface area contributed by atoms with Crippen LogP contribution in [0.3, 0.4) is 0 Å². The molecule has 0 bridgehead atoms. The number of nitrogens with zero attached hydrogens (tertiary/aromatic N) is 1. The van der Waals surface area contributed by atoms with E-state index in [4.69, 9.17) is 0 Å². The third kappa shape index (κ3) is 4.08. The molecule has 0 spiro atoms. The number of rotatable bonds is 3. The van der Waals surface area contributed by atoms with E-state index in [-0.39, 0.29) is 23.5 Å². The monoisotopic (exact) mass is 331 g/mol. The van der Waals surface area contributed by atoms with Gasteiger partial charge in [0.05, 0.1) is 6.04 Å². The van der Waals surface area contributed by atoms with Gasteiger partial charge in [-0.05, 0) is 44.7 Å². The maximum absolute atomic E-state index is 12.4. The van der Waals surface area contributed by atoms with Crippen LogP contribution in [0.25, 0.3) is 0 Å². The third-order valence-corrected chi connectivity index (χ3v) is 4.44. The summed E-state index contributed by atoms with van der Waals surface area (Å²) in [5, 5.41) is 5.92. The lowest BCUT2D eigenvalue weighted by Gasteiger charge is -2.32. The van der Waals surface area contributed by atoms with Crippen LogP contribution in [0.4, 0.5) is 10.5 Å². The molecule has 2 rings (SSSR count). The Balaban J connectivity index is 2.04. The molecule has 1 saturated heterocycles. The van der Waals surface area contributed by atoms with Gasteiger partial charge in [-0.1, -0.05) is 32.0 Å². The second-order valence-electron chi connectivity index (χ2n) is 7.87. The molecule has 24 heavy (non-hydrogen) atoms. The summed E-state index contributed by atoms with van der Waals surface area (Å²) in [5.74, 6) is 0.413. The smallest absolute Gasteiger partial charge is 0.319 e. The van der Waals surface area contributed by atoms with Crippen LogP contribution in [0, 0.1) is 6.92 Å². The minimum Gasteiger partial charge on any atom is -0.336 e. The summed E-state index contributed by atoms with van der Waals surface area (Å²) < 4.78 is 0. The SMILES string of the molecule is Cc1cccc(C(C)C)c1NC(=O)NC1CC(=O)N(C(C)(C)C)C1. The fourth-order valence-corrected chi connectivity index (χ4v) is 3.13. The van der Waals surface area contributed by atoms with E-state index < -0.39 is 0 Å². The van der Waals surface area contributed by atoms with E-state index in [1.165, 1.54) is 0 Å². The molecular formula is C19H29N3O2. The number of aryl methyl sites for hydroxylation is 1. The number of urea groups is 1. The molecule has 0 radical (unpaired) electrons. The van der Waals surface area contributed by atoms with Crippen LogP contribution >= 0.6 is 0 Å². The van der Waals surface area contributed by atoms with Gasteiger partial charge in [-0.2, -0.15) is 0 Å². The number of amides is 3.